The number of hydrogen-bond acceptors (Lipinski definition) is 11. The fraction of sp³-hybridized carbons (Fsp3) is 0.773. The van der Waals surface area contributed by atoms with Gasteiger partial charge in [0.15, 0.2) is 6.10 Å². The van der Waals surface area contributed by atoms with Gasteiger partial charge in [0.05, 0.1) is 25.9 Å². The molecule has 0 spiro atoms. The molecule has 0 aliphatic rings. The Bertz CT molecular complexity index is 1270. The van der Waals surface area contributed by atoms with Gasteiger partial charge in [0.25, 0.3) is 0 Å². The lowest BCUT2D eigenvalue weighted by atomic mass is 10.0. The molecule has 350 valence electrons. The van der Waals surface area contributed by atoms with E-state index in [-0.39, 0.29) is 12.8 Å². The van der Waals surface area contributed by atoms with Gasteiger partial charge in [-0.25, -0.2) is 9.13 Å². The molecule has 0 saturated heterocycles. The molecule has 0 amide bonds. The van der Waals surface area contributed by atoms with E-state index >= 15 is 0 Å². The summed E-state index contributed by atoms with van der Waals surface area (Å²) in [5.74, 6) is -1.13. The lowest BCUT2D eigenvalue weighted by molar-refractivity contribution is -0.161. The molecule has 0 heterocycles. The zero-order valence-electron chi connectivity index (χ0n) is 36.7. The molecule has 5 N–H and O–H groups in total. The van der Waals surface area contributed by atoms with Crippen molar-refractivity contribution in [2.75, 3.05) is 26.4 Å². The van der Waals surface area contributed by atoms with Gasteiger partial charge in [-0.2, -0.15) is 0 Å². The monoisotopic (exact) mass is 895 g/mol. The number of ether oxygens (including phenoxy) is 2. The van der Waals surface area contributed by atoms with Crippen LogP contribution in [0.1, 0.15) is 174 Å². The van der Waals surface area contributed by atoms with E-state index in [1.54, 1.807) is 6.08 Å². The summed E-state index contributed by atoms with van der Waals surface area (Å²) in [6.07, 6.45) is 37.0. The third-order valence-corrected chi connectivity index (χ3v) is 10.7. The second kappa shape index (κ2) is 39.9. The average Bonchev–Trinajstić information content (AvgIpc) is 3.20. The van der Waals surface area contributed by atoms with Crippen molar-refractivity contribution in [3.05, 3.63) is 48.6 Å². The molecule has 0 aliphatic carbocycles. The first-order valence-corrected chi connectivity index (χ1v) is 25.5. The number of aliphatic hydroxyl groups is 2. The van der Waals surface area contributed by atoms with Crippen molar-refractivity contribution in [1.29, 1.82) is 0 Å². The number of allylic oxidation sites excluding steroid dienone is 6. The summed E-state index contributed by atoms with van der Waals surface area (Å²) in [7, 11) is -9.71. The number of aliphatic hydroxyl groups excluding tert-OH is 2. The highest BCUT2D eigenvalue weighted by Gasteiger charge is 2.28. The maximum atomic E-state index is 12.6. The van der Waals surface area contributed by atoms with Gasteiger partial charge in [-0.1, -0.05) is 165 Å². The lowest BCUT2D eigenvalue weighted by Crippen LogP contribution is -2.29. The molecule has 60 heavy (non-hydrogen) atoms. The van der Waals surface area contributed by atoms with E-state index in [1.165, 1.54) is 89.9 Å². The summed E-state index contributed by atoms with van der Waals surface area (Å²) >= 11 is 0. The van der Waals surface area contributed by atoms with Crippen molar-refractivity contribution in [2.24, 2.45) is 0 Å². The fourth-order valence-electron chi connectivity index (χ4n) is 5.84. The smallest absolute Gasteiger partial charge is 0.462 e. The Balaban J connectivity index is 4.65. The van der Waals surface area contributed by atoms with Crippen LogP contribution in [-0.4, -0.2) is 81.6 Å². The summed E-state index contributed by atoms with van der Waals surface area (Å²) < 4.78 is 47.7. The Morgan fingerprint density at radius 3 is 1.68 bits per heavy atom. The van der Waals surface area contributed by atoms with Crippen molar-refractivity contribution >= 4 is 27.6 Å². The minimum atomic E-state index is -4.88. The maximum absolute atomic E-state index is 12.6. The van der Waals surface area contributed by atoms with Crippen LogP contribution in [0, 0.1) is 0 Å². The van der Waals surface area contributed by atoms with E-state index < -0.39 is 72.3 Å². The van der Waals surface area contributed by atoms with E-state index in [1.807, 2.05) is 36.5 Å². The number of phosphoric ester groups is 2. The van der Waals surface area contributed by atoms with Gasteiger partial charge in [0, 0.05) is 12.8 Å². The topological polar surface area (TPSA) is 216 Å². The second-order valence-electron chi connectivity index (χ2n) is 15.2. The molecule has 0 aliphatic heterocycles. The number of phosphoric acid groups is 2. The normalized spacial score (nSPS) is 15.0. The molecule has 0 aromatic heterocycles. The van der Waals surface area contributed by atoms with Crippen LogP contribution in [0.2, 0.25) is 0 Å². The fourth-order valence-corrected chi connectivity index (χ4v) is 6.99. The van der Waals surface area contributed by atoms with E-state index in [9.17, 15) is 33.8 Å². The van der Waals surface area contributed by atoms with Gasteiger partial charge in [-0.05, 0) is 44.9 Å². The molecule has 0 radical (unpaired) electrons. The molecule has 0 aromatic carbocycles. The van der Waals surface area contributed by atoms with E-state index in [0.29, 0.717) is 32.1 Å². The Labute approximate surface area is 361 Å². The van der Waals surface area contributed by atoms with E-state index in [2.05, 4.69) is 29.0 Å². The Kier molecular flexibility index (Phi) is 38.6. The first-order valence-electron chi connectivity index (χ1n) is 22.4. The van der Waals surface area contributed by atoms with Gasteiger partial charge in [-0.3, -0.25) is 23.2 Å². The van der Waals surface area contributed by atoms with Crippen molar-refractivity contribution in [2.45, 2.75) is 193 Å². The first-order chi connectivity index (χ1) is 28.8. The van der Waals surface area contributed by atoms with Gasteiger partial charge in [0.1, 0.15) is 12.7 Å². The minimum absolute atomic E-state index is 0.0243. The number of hydrogen-bond donors (Lipinski definition) is 5. The molecule has 0 bridgehead atoms. The van der Waals surface area contributed by atoms with Crippen molar-refractivity contribution in [3.63, 3.8) is 0 Å². The average molecular weight is 895 g/mol. The number of carbonyl (C=O) groups is 2. The summed E-state index contributed by atoms with van der Waals surface area (Å²) in [6, 6.07) is 0. The zero-order chi connectivity index (χ0) is 44.6. The van der Waals surface area contributed by atoms with Crippen molar-refractivity contribution in [1.82, 2.24) is 0 Å². The Morgan fingerprint density at radius 2 is 1.07 bits per heavy atom. The number of rotatable bonds is 42. The zero-order valence-corrected chi connectivity index (χ0v) is 38.5. The Morgan fingerprint density at radius 1 is 0.550 bits per heavy atom. The summed E-state index contributed by atoms with van der Waals surface area (Å²) in [5, 5.41) is 19.8. The number of unbranched alkanes of at least 4 members (excludes halogenated alkanes) is 18. The molecule has 4 atom stereocenters. The van der Waals surface area contributed by atoms with E-state index in [4.69, 9.17) is 23.8 Å². The quantitative estimate of drug-likeness (QED) is 0.0127. The number of carbonyl (C=O) groups excluding carboxylic acids is 2. The molecule has 0 fully saturated rings. The maximum Gasteiger partial charge on any atom is 0.472 e. The van der Waals surface area contributed by atoms with Crippen LogP contribution >= 0.6 is 15.6 Å². The third kappa shape index (κ3) is 42.7. The summed E-state index contributed by atoms with van der Waals surface area (Å²) in [4.78, 5) is 52.7. The highest BCUT2D eigenvalue weighted by atomic mass is 31.2. The molecule has 0 aromatic rings. The molecule has 16 heteroatoms. The van der Waals surface area contributed by atoms with Crippen LogP contribution in [0.4, 0.5) is 0 Å². The van der Waals surface area contributed by atoms with Crippen molar-refractivity contribution in [3.8, 4) is 0 Å². The van der Waals surface area contributed by atoms with Crippen LogP contribution in [0.25, 0.3) is 0 Å². The predicted octanol–water partition coefficient (Wildman–Crippen LogP) is 10.4. The van der Waals surface area contributed by atoms with Crippen LogP contribution in [-0.2, 0) is 41.8 Å². The highest BCUT2D eigenvalue weighted by molar-refractivity contribution is 7.47. The van der Waals surface area contributed by atoms with Crippen LogP contribution in [0.5, 0.6) is 0 Å². The SMILES string of the molecule is CCCCC/C=C\C[C@H](O)/C=C/C=C\C/C=C\CCCC(=O)O[C@H](COC(=O)CCCCCCCCCCCCCCCCC)COP(=O)(O)OC[C@@H](O)COP(=O)(O)O. The standard InChI is InChI=1S/C44H80O14P2/c1-3-5-7-9-11-12-13-14-15-16-17-18-22-26-30-34-43(47)54-38-42(39-57-60(52,53)56-37-41(46)36-55-59(49,50)51)58-44(48)35-31-27-23-20-19-21-25-29-33-40(45)32-28-24-10-8-6-4-2/h20-21,23-25,28-29,33,40-42,45-46H,3-19,22,26-27,30-32,34-39H2,1-2H3,(H,52,53)(H2,49,50,51)/b23-20-,25-21-,28-24-,33-29+/t40-,41-,42+/m0/s1. The molecule has 0 rings (SSSR count). The van der Waals surface area contributed by atoms with Crippen LogP contribution in [0.3, 0.4) is 0 Å². The van der Waals surface area contributed by atoms with Gasteiger partial charge < -0.3 is 34.4 Å². The molecule has 14 nitrogen and oxygen atoms in total. The Hall–Kier alpha value is -1.96. The largest absolute Gasteiger partial charge is 0.472 e. The summed E-state index contributed by atoms with van der Waals surface area (Å²) in [6.45, 7) is 1.59. The summed E-state index contributed by atoms with van der Waals surface area (Å²) in [5.41, 5.74) is 0. The molecular weight excluding hydrogens is 814 g/mol. The molecular formula is C44H80O14P2. The van der Waals surface area contributed by atoms with Gasteiger partial charge in [-0.15, -0.1) is 0 Å². The third-order valence-electron chi connectivity index (χ3n) is 9.29. The van der Waals surface area contributed by atoms with Crippen LogP contribution in [0.15, 0.2) is 48.6 Å². The predicted molar refractivity (Wildman–Crippen MR) is 236 cm³/mol. The van der Waals surface area contributed by atoms with Gasteiger partial charge in [0.2, 0.25) is 0 Å². The lowest BCUT2D eigenvalue weighted by Gasteiger charge is -2.20. The second-order valence-corrected chi connectivity index (χ2v) is 17.9. The number of esters is 2. The molecule has 1 unspecified atom stereocenters. The highest BCUT2D eigenvalue weighted by Crippen LogP contribution is 2.43. The van der Waals surface area contributed by atoms with Crippen molar-refractivity contribution < 1.29 is 66.7 Å². The van der Waals surface area contributed by atoms with Crippen LogP contribution < -0.4 is 0 Å². The van der Waals surface area contributed by atoms with Gasteiger partial charge >= 0.3 is 27.6 Å². The van der Waals surface area contributed by atoms with E-state index in [0.717, 1.165) is 25.7 Å². The first kappa shape index (κ1) is 58.0. The minimum Gasteiger partial charge on any atom is -0.462 e. The molecule has 0 saturated carbocycles.